The summed E-state index contributed by atoms with van der Waals surface area (Å²) in [5.74, 6) is -1.82. The van der Waals surface area contributed by atoms with E-state index in [2.05, 4.69) is 0 Å². The fourth-order valence-electron chi connectivity index (χ4n) is 1.57. The molecule has 0 unspecified atom stereocenters. The first-order valence-electron chi connectivity index (χ1n) is 6.40. The molecule has 0 N–H and O–H groups in total. The van der Waals surface area contributed by atoms with Gasteiger partial charge in [-0.1, -0.05) is 11.6 Å². The van der Waals surface area contributed by atoms with E-state index in [1.807, 2.05) is 0 Å². The van der Waals surface area contributed by atoms with Gasteiger partial charge in [-0.25, -0.2) is 9.59 Å². The van der Waals surface area contributed by atoms with Crippen LogP contribution in [0.2, 0.25) is 5.02 Å². The molecule has 22 heavy (non-hydrogen) atoms. The summed E-state index contributed by atoms with van der Waals surface area (Å²) in [6, 6.07) is 3.87. The van der Waals surface area contributed by atoms with Gasteiger partial charge in [0.15, 0.2) is 0 Å². The van der Waals surface area contributed by atoms with E-state index in [0.717, 1.165) is 12.1 Å². The lowest BCUT2D eigenvalue weighted by Crippen LogP contribution is -2.18. The maximum absolute atomic E-state index is 11.8. The van der Waals surface area contributed by atoms with Crippen molar-refractivity contribution < 1.29 is 24.0 Å². The van der Waals surface area contributed by atoms with Gasteiger partial charge in [-0.2, -0.15) is 0 Å². The van der Waals surface area contributed by atoms with Gasteiger partial charge in [0.05, 0.1) is 23.7 Å². The van der Waals surface area contributed by atoms with Crippen molar-refractivity contribution in [2.45, 2.75) is 13.8 Å². The summed E-state index contributed by atoms with van der Waals surface area (Å²) in [6.45, 7) is 3.26. The minimum absolute atomic E-state index is 0.0468. The highest BCUT2D eigenvalue weighted by molar-refractivity contribution is 6.30. The second kappa shape index (κ2) is 8.14. The number of hydrogen-bond acceptors (Lipinski definition) is 6. The van der Waals surface area contributed by atoms with E-state index in [-0.39, 0.29) is 29.5 Å². The minimum Gasteiger partial charge on any atom is -0.462 e. The first kappa shape index (κ1) is 17.6. The summed E-state index contributed by atoms with van der Waals surface area (Å²) in [5.41, 5.74) is -0.710. The zero-order valence-electron chi connectivity index (χ0n) is 12.0. The summed E-state index contributed by atoms with van der Waals surface area (Å²) in [7, 11) is 0. The van der Waals surface area contributed by atoms with Gasteiger partial charge >= 0.3 is 11.9 Å². The molecule has 1 rings (SSSR count). The Morgan fingerprint density at radius 3 is 2.23 bits per heavy atom. The zero-order chi connectivity index (χ0) is 16.7. The van der Waals surface area contributed by atoms with Crippen LogP contribution in [0.25, 0.3) is 6.08 Å². The van der Waals surface area contributed by atoms with Crippen LogP contribution in [0.3, 0.4) is 0 Å². The Morgan fingerprint density at radius 2 is 1.77 bits per heavy atom. The highest BCUT2D eigenvalue weighted by Crippen LogP contribution is 2.25. The molecule has 0 spiro atoms. The van der Waals surface area contributed by atoms with Crippen LogP contribution in [0, 0.1) is 10.1 Å². The van der Waals surface area contributed by atoms with E-state index in [1.54, 1.807) is 13.8 Å². The van der Waals surface area contributed by atoms with Gasteiger partial charge in [-0.05, 0) is 32.1 Å². The van der Waals surface area contributed by atoms with Crippen LogP contribution >= 0.6 is 11.6 Å². The summed E-state index contributed by atoms with van der Waals surface area (Å²) in [6.07, 6.45) is 1.06. The number of carbonyl (C=O) groups is 2. The second-order valence-electron chi connectivity index (χ2n) is 3.96. The van der Waals surface area contributed by atoms with Crippen LogP contribution in [-0.4, -0.2) is 30.1 Å². The first-order chi connectivity index (χ1) is 10.4. The standard InChI is InChI=1S/C14H14ClNO6/c1-3-21-13(17)11(14(18)22-4-2)7-9-5-6-10(15)8-12(9)16(19)20/h5-8H,3-4H2,1-2H3. The van der Waals surface area contributed by atoms with Crippen molar-refractivity contribution in [1.29, 1.82) is 0 Å². The highest BCUT2D eigenvalue weighted by Gasteiger charge is 2.23. The highest BCUT2D eigenvalue weighted by atomic mass is 35.5. The predicted molar refractivity (Wildman–Crippen MR) is 79.3 cm³/mol. The SMILES string of the molecule is CCOC(=O)C(=Cc1ccc(Cl)cc1[N+](=O)[O-])C(=O)OCC. The van der Waals surface area contributed by atoms with Crippen LogP contribution < -0.4 is 0 Å². The van der Waals surface area contributed by atoms with Crippen LogP contribution in [0.1, 0.15) is 19.4 Å². The first-order valence-corrected chi connectivity index (χ1v) is 6.78. The zero-order valence-corrected chi connectivity index (χ0v) is 12.8. The maximum atomic E-state index is 11.8. The van der Waals surface area contributed by atoms with E-state index < -0.39 is 22.4 Å². The summed E-state index contributed by atoms with van der Waals surface area (Å²) in [4.78, 5) is 34.0. The van der Waals surface area contributed by atoms with Crippen molar-refractivity contribution in [1.82, 2.24) is 0 Å². The summed E-state index contributed by atoms with van der Waals surface area (Å²) in [5, 5.41) is 11.2. The number of hydrogen-bond donors (Lipinski definition) is 0. The van der Waals surface area contributed by atoms with E-state index in [1.165, 1.54) is 12.1 Å². The summed E-state index contributed by atoms with van der Waals surface area (Å²) < 4.78 is 9.53. The Bertz CT molecular complexity index is 606. The minimum atomic E-state index is -0.912. The number of esters is 2. The molecule has 0 amide bonds. The van der Waals surface area contributed by atoms with Crippen LogP contribution in [0.4, 0.5) is 5.69 Å². The fraction of sp³-hybridized carbons (Fsp3) is 0.286. The lowest BCUT2D eigenvalue weighted by atomic mass is 10.1. The van der Waals surface area contributed by atoms with Gasteiger partial charge in [-0.15, -0.1) is 0 Å². The van der Waals surface area contributed by atoms with Crippen molar-refractivity contribution in [3.63, 3.8) is 0 Å². The molecule has 0 aliphatic heterocycles. The number of ether oxygens (including phenoxy) is 2. The van der Waals surface area contributed by atoms with E-state index >= 15 is 0 Å². The number of halogens is 1. The number of nitro benzene ring substituents is 1. The van der Waals surface area contributed by atoms with Crippen molar-refractivity contribution in [2.24, 2.45) is 0 Å². The molecule has 0 aliphatic rings. The largest absolute Gasteiger partial charge is 0.462 e. The number of carbonyl (C=O) groups excluding carboxylic acids is 2. The monoisotopic (exact) mass is 327 g/mol. The molecule has 7 nitrogen and oxygen atoms in total. The number of rotatable bonds is 6. The van der Waals surface area contributed by atoms with Crippen LogP contribution in [0.15, 0.2) is 23.8 Å². The Balaban J connectivity index is 3.35. The molecule has 0 atom stereocenters. The molecular weight excluding hydrogens is 314 g/mol. The number of nitrogens with zero attached hydrogens (tertiary/aromatic N) is 1. The smallest absolute Gasteiger partial charge is 0.345 e. The van der Waals surface area contributed by atoms with Crippen molar-refractivity contribution in [3.05, 3.63) is 44.5 Å². The third-order valence-electron chi connectivity index (χ3n) is 2.48. The molecule has 1 aromatic carbocycles. The molecule has 0 aliphatic carbocycles. The maximum Gasteiger partial charge on any atom is 0.345 e. The Morgan fingerprint density at radius 1 is 1.23 bits per heavy atom. The lowest BCUT2D eigenvalue weighted by Gasteiger charge is -2.07. The fourth-order valence-corrected chi connectivity index (χ4v) is 1.74. The third kappa shape index (κ3) is 4.56. The molecule has 8 heteroatoms. The normalized spacial score (nSPS) is 9.77. The van der Waals surface area contributed by atoms with Gasteiger partial charge < -0.3 is 9.47 Å². The van der Waals surface area contributed by atoms with Crippen LogP contribution in [0.5, 0.6) is 0 Å². The quantitative estimate of drug-likeness (QED) is 0.199. The molecule has 0 saturated heterocycles. The molecule has 0 saturated carbocycles. The van der Waals surface area contributed by atoms with Gasteiger partial charge in [-0.3, -0.25) is 10.1 Å². The van der Waals surface area contributed by atoms with Gasteiger partial charge in [0.1, 0.15) is 5.57 Å². The van der Waals surface area contributed by atoms with E-state index in [9.17, 15) is 19.7 Å². The topological polar surface area (TPSA) is 95.7 Å². The molecule has 0 bridgehead atoms. The molecule has 0 heterocycles. The van der Waals surface area contributed by atoms with Crippen LogP contribution in [-0.2, 0) is 19.1 Å². The number of benzene rings is 1. The van der Waals surface area contributed by atoms with Gasteiger partial charge in [0, 0.05) is 11.1 Å². The molecule has 0 fully saturated rings. The Hall–Kier alpha value is -2.41. The van der Waals surface area contributed by atoms with Crippen molar-refractivity contribution in [2.75, 3.05) is 13.2 Å². The predicted octanol–water partition coefficient (Wildman–Crippen LogP) is 2.76. The lowest BCUT2D eigenvalue weighted by molar-refractivity contribution is -0.385. The number of nitro groups is 1. The molecule has 118 valence electrons. The Labute approximate surface area is 131 Å². The molecule has 0 radical (unpaired) electrons. The average Bonchev–Trinajstić information content (AvgIpc) is 2.46. The van der Waals surface area contributed by atoms with E-state index in [4.69, 9.17) is 21.1 Å². The Kier molecular flexibility index (Phi) is 6.52. The molecular formula is C14H14ClNO6. The summed E-state index contributed by atoms with van der Waals surface area (Å²) >= 11 is 5.71. The van der Waals surface area contributed by atoms with Crippen molar-refractivity contribution >= 4 is 35.3 Å². The average molecular weight is 328 g/mol. The van der Waals surface area contributed by atoms with Gasteiger partial charge in [0.2, 0.25) is 0 Å². The second-order valence-corrected chi connectivity index (χ2v) is 4.40. The molecule has 0 aromatic heterocycles. The van der Waals surface area contributed by atoms with Gasteiger partial charge in [0.25, 0.3) is 5.69 Å². The van der Waals surface area contributed by atoms with Crippen molar-refractivity contribution in [3.8, 4) is 0 Å². The third-order valence-corrected chi connectivity index (χ3v) is 2.71. The molecule has 1 aromatic rings. The van der Waals surface area contributed by atoms with E-state index in [0.29, 0.717) is 0 Å².